The quantitative estimate of drug-likeness (QED) is 0.662. The molecule has 0 spiro atoms. The van der Waals surface area contributed by atoms with Gasteiger partial charge in [0.15, 0.2) is 0 Å². The topological polar surface area (TPSA) is 81.5 Å². The first-order chi connectivity index (χ1) is 13.1. The van der Waals surface area contributed by atoms with E-state index in [1.807, 2.05) is 31.2 Å². The van der Waals surface area contributed by atoms with Gasteiger partial charge in [0.2, 0.25) is 0 Å². The number of hydrogen-bond donors (Lipinski definition) is 0. The van der Waals surface area contributed by atoms with Crippen LogP contribution in [0, 0.1) is 6.92 Å². The van der Waals surface area contributed by atoms with Crippen molar-refractivity contribution in [3.8, 4) is 0 Å². The highest BCUT2D eigenvalue weighted by molar-refractivity contribution is 7.89. The number of amides is 1. The SMILES string of the molecule is Cc1ccc(S(=O)(=O)N(Cn2cnc3ccccc32)C(=O)OC(C)(C)C)cc1. The van der Waals surface area contributed by atoms with E-state index in [1.165, 1.54) is 18.5 Å². The Bertz CT molecular complexity index is 1100. The maximum absolute atomic E-state index is 13.2. The summed E-state index contributed by atoms with van der Waals surface area (Å²) in [5.41, 5.74) is 1.51. The van der Waals surface area contributed by atoms with Gasteiger partial charge >= 0.3 is 6.09 Å². The second-order valence-corrected chi connectivity index (χ2v) is 9.35. The highest BCUT2D eigenvalue weighted by Crippen LogP contribution is 2.22. The molecule has 0 aliphatic heterocycles. The minimum absolute atomic E-state index is 0.0216. The fourth-order valence-electron chi connectivity index (χ4n) is 2.64. The van der Waals surface area contributed by atoms with E-state index in [0.717, 1.165) is 15.4 Å². The molecule has 0 saturated carbocycles. The first-order valence-corrected chi connectivity index (χ1v) is 10.2. The van der Waals surface area contributed by atoms with Gasteiger partial charge in [-0.1, -0.05) is 29.8 Å². The lowest BCUT2D eigenvalue weighted by Gasteiger charge is -2.27. The largest absolute Gasteiger partial charge is 0.443 e. The van der Waals surface area contributed by atoms with Crippen LogP contribution in [0.1, 0.15) is 26.3 Å². The predicted octanol–water partition coefficient (Wildman–Crippen LogP) is 3.93. The number of imidazole rings is 1. The maximum Gasteiger partial charge on any atom is 0.426 e. The number of benzene rings is 2. The number of hydrogen-bond acceptors (Lipinski definition) is 5. The lowest BCUT2D eigenvalue weighted by molar-refractivity contribution is 0.0356. The van der Waals surface area contributed by atoms with Crippen LogP contribution < -0.4 is 0 Å². The van der Waals surface area contributed by atoms with Crippen LogP contribution in [0.5, 0.6) is 0 Å². The van der Waals surface area contributed by atoms with Gasteiger partial charge in [-0.25, -0.2) is 18.2 Å². The van der Waals surface area contributed by atoms with Crippen LogP contribution in [0.2, 0.25) is 0 Å². The van der Waals surface area contributed by atoms with Crippen LogP contribution in [-0.4, -0.2) is 34.0 Å². The van der Waals surface area contributed by atoms with Gasteiger partial charge in [0.1, 0.15) is 12.3 Å². The summed E-state index contributed by atoms with van der Waals surface area (Å²) >= 11 is 0. The molecule has 0 aliphatic rings. The average molecular weight is 401 g/mol. The van der Waals surface area contributed by atoms with E-state index in [2.05, 4.69) is 4.98 Å². The molecule has 0 radical (unpaired) electrons. The van der Waals surface area contributed by atoms with Crippen molar-refractivity contribution in [1.82, 2.24) is 13.9 Å². The van der Waals surface area contributed by atoms with Crippen molar-refractivity contribution in [2.24, 2.45) is 0 Å². The van der Waals surface area contributed by atoms with Crippen molar-refractivity contribution in [3.05, 3.63) is 60.4 Å². The van der Waals surface area contributed by atoms with Crippen molar-refractivity contribution < 1.29 is 17.9 Å². The van der Waals surface area contributed by atoms with Gasteiger partial charge in [0.25, 0.3) is 10.0 Å². The number of rotatable bonds is 4. The van der Waals surface area contributed by atoms with E-state index >= 15 is 0 Å². The Hall–Kier alpha value is -2.87. The van der Waals surface area contributed by atoms with Crippen molar-refractivity contribution in [2.45, 2.75) is 44.9 Å². The average Bonchev–Trinajstić information content (AvgIpc) is 3.01. The third kappa shape index (κ3) is 4.17. The number of carbonyl (C=O) groups is 1. The summed E-state index contributed by atoms with van der Waals surface area (Å²) < 4.78 is 34.2. The van der Waals surface area contributed by atoms with Gasteiger partial charge < -0.3 is 9.30 Å². The molecule has 1 aromatic heterocycles. The van der Waals surface area contributed by atoms with Crippen LogP contribution >= 0.6 is 0 Å². The molecule has 0 aliphatic carbocycles. The summed E-state index contributed by atoms with van der Waals surface area (Å²) in [6.07, 6.45) is 0.568. The van der Waals surface area contributed by atoms with Gasteiger partial charge in [0, 0.05) is 0 Å². The second kappa shape index (κ2) is 7.27. The molecule has 2 aromatic carbocycles. The molecule has 0 saturated heterocycles. The fraction of sp³-hybridized carbons (Fsp3) is 0.300. The number of aromatic nitrogens is 2. The zero-order valence-electron chi connectivity index (χ0n) is 16.3. The summed E-state index contributed by atoms with van der Waals surface area (Å²) in [7, 11) is -4.12. The standard InChI is InChI=1S/C20H23N3O4S/c1-15-9-11-16(12-10-15)28(25,26)23(19(24)27-20(2,3)4)14-22-13-21-17-7-5-6-8-18(17)22/h5-13H,14H2,1-4H3. The molecule has 3 rings (SSSR count). The Balaban J connectivity index is 2.04. The predicted molar refractivity (Wildman–Crippen MR) is 106 cm³/mol. The molecule has 3 aromatic rings. The molecular weight excluding hydrogens is 378 g/mol. The number of sulfonamides is 1. The number of ether oxygens (including phenoxy) is 1. The number of nitrogens with zero attached hydrogens (tertiary/aromatic N) is 3. The van der Waals surface area contributed by atoms with Crippen LogP contribution in [0.4, 0.5) is 4.79 Å². The first-order valence-electron chi connectivity index (χ1n) is 8.80. The van der Waals surface area contributed by atoms with E-state index in [4.69, 9.17) is 4.74 Å². The molecule has 148 valence electrons. The van der Waals surface area contributed by atoms with Crippen LogP contribution in [0.3, 0.4) is 0 Å². The normalized spacial score (nSPS) is 12.1. The number of carbonyl (C=O) groups excluding carboxylic acids is 1. The summed E-state index contributed by atoms with van der Waals surface area (Å²) in [4.78, 5) is 17.1. The number of aryl methyl sites for hydroxylation is 1. The first kappa shape index (κ1) is 19.9. The molecule has 8 heteroatoms. The molecule has 0 fully saturated rings. The lowest BCUT2D eigenvalue weighted by Crippen LogP contribution is -2.41. The summed E-state index contributed by atoms with van der Waals surface area (Å²) in [6, 6.07) is 13.6. The Kier molecular flexibility index (Phi) is 5.16. The van der Waals surface area contributed by atoms with Gasteiger partial charge in [0.05, 0.1) is 22.3 Å². The van der Waals surface area contributed by atoms with E-state index in [-0.39, 0.29) is 11.6 Å². The van der Waals surface area contributed by atoms with Crippen LogP contribution in [-0.2, 0) is 21.4 Å². The van der Waals surface area contributed by atoms with E-state index < -0.39 is 21.7 Å². The maximum atomic E-state index is 13.2. The van der Waals surface area contributed by atoms with Gasteiger partial charge in [-0.15, -0.1) is 0 Å². The third-order valence-electron chi connectivity index (χ3n) is 4.01. The minimum Gasteiger partial charge on any atom is -0.443 e. The highest BCUT2D eigenvalue weighted by atomic mass is 32.2. The lowest BCUT2D eigenvalue weighted by atomic mass is 10.2. The van der Waals surface area contributed by atoms with Gasteiger partial charge in [-0.3, -0.25) is 0 Å². The Morgan fingerprint density at radius 3 is 2.39 bits per heavy atom. The molecule has 0 N–H and O–H groups in total. The Morgan fingerprint density at radius 1 is 1.11 bits per heavy atom. The zero-order chi connectivity index (χ0) is 20.5. The molecule has 7 nitrogen and oxygen atoms in total. The van der Waals surface area contributed by atoms with Crippen LogP contribution in [0.25, 0.3) is 11.0 Å². The highest BCUT2D eigenvalue weighted by Gasteiger charge is 2.33. The number of para-hydroxylation sites is 2. The van der Waals surface area contributed by atoms with Crippen molar-refractivity contribution >= 4 is 27.1 Å². The number of fused-ring (bicyclic) bond motifs is 1. The Labute approximate surface area is 164 Å². The third-order valence-corrected chi connectivity index (χ3v) is 5.73. The molecule has 28 heavy (non-hydrogen) atoms. The molecule has 0 unspecified atom stereocenters. The molecule has 1 amide bonds. The Morgan fingerprint density at radius 2 is 1.75 bits per heavy atom. The monoisotopic (exact) mass is 401 g/mol. The summed E-state index contributed by atoms with van der Waals surface area (Å²) in [5.74, 6) is 0. The van der Waals surface area contributed by atoms with E-state index in [1.54, 1.807) is 37.5 Å². The zero-order valence-corrected chi connectivity index (χ0v) is 17.1. The van der Waals surface area contributed by atoms with Gasteiger partial charge in [-0.2, -0.15) is 4.31 Å². The van der Waals surface area contributed by atoms with E-state index in [0.29, 0.717) is 5.52 Å². The second-order valence-electron chi connectivity index (χ2n) is 7.49. The van der Waals surface area contributed by atoms with Crippen molar-refractivity contribution in [2.75, 3.05) is 0 Å². The molecule has 0 atom stereocenters. The summed E-state index contributed by atoms with van der Waals surface area (Å²) in [6.45, 7) is 6.68. The minimum atomic E-state index is -4.12. The molecule has 1 heterocycles. The van der Waals surface area contributed by atoms with E-state index in [9.17, 15) is 13.2 Å². The molecular formula is C20H23N3O4S. The van der Waals surface area contributed by atoms with Crippen LogP contribution in [0.15, 0.2) is 59.8 Å². The summed E-state index contributed by atoms with van der Waals surface area (Å²) in [5, 5.41) is 0. The fourth-order valence-corrected chi connectivity index (χ4v) is 3.89. The molecule has 0 bridgehead atoms. The smallest absolute Gasteiger partial charge is 0.426 e. The van der Waals surface area contributed by atoms with Crippen molar-refractivity contribution in [3.63, 3.8) is 0 Å². The van der Waals surface area contributed by atoms with Gasteiger partial charge in [-0.05, 0) is 52.0 Å². The van der Waals surface area contributed by atoms with Crippen molar-refractivity contribution in [1.29, 1.82) is 0 Å².